The lowest BCUT2D eigenvalue weighted by molar-refractivity contribution is 0.112. The van der Waals surface area contributed by atoms with Gasteiger partial charge in [0.2, 0.25) is 0 Å². The fraction of sp³-hybridized carbons (Fsp3) is 0.188. The molecule has 0 amide bonds. The molecule has 0 saturated carbocycles. The molecule has 0 aliphatic heterocycles. The number of hydrogen-bond donors (Lipinski definition) is 0. The second kappa shape index (κ2) is 5.61. The molecule has 0 aromatic heterocycles. The number of rotatable bonds is 4. The average molecular weight is 239 g/mol. The van der Waals surface area contributed by atoms with Crippen molar-refractivity contribution in [2.75, 3.05) is 14.1 Å². The van der Waals surface area contributed by atoms with Gasteiger partial charge in [-0.1, -0.05) is 42.5 Å². The predicted molar refractivity (Wildman–Crippen MR) is 74.7 cm³/mol. The lowest BCUT2D eigenvalue weighted by Crippen LogP contribution is -2.10. The first-order valence-electron chi connectivity index (χ1n) is 5.98. The third-order valence-corrected chi connectivity index (χ3v) is 2.81. The molecule has 2 aromatic rings. The molecule has 0 aliphatic carbocycles. The van der Waals surface area contributed by atoms with Gasteiger partial charge in [-0.2, -0.15) is 0 Å². The van der Waals surface area contributed by atoms with Crippen molar-refractivity contribution in [3.8, 4) is 11.1 Å². The van der Waals surface area contributed by atoms with E-state index in [-0.39, 0.29) is 0 Å². The van der Waals surface area contributed by atoms with Gasteiger partial charge in [-0.3, -0.25) is 4.79 Å². The molecule has 0 saturated heterocycles. The predicted octanol–water partition coefficient (Wildman–Crippen LogP) is 3.23. The number of aldehydes is 1. The molecule has 2 heteroatoms. The van der Waals surface area contributed by atoms with E-state index in [1.807, 2.05) is 24.3 Å². The highest BCUT2D eigenvalue weighted by molar-refractivity contribution is 5.78. The zero-order chi connectivity index (χ0) is 13.0. The van der Waals surface area contributed by atoms with Crippen LogP contribution in [0.25, 0.3) is 11.1 Å². The maximum absolute atomic E-state index is 10.8. The topological polar surface area (TPSA) is 20.3 Å². The molecule has 92 valence electrons. The van der Waals surface area contributed by atoms with Gasteiger partial charge >= 0.3 is 0 Å². The van der Waals surface area contributed by atoms with Crippen LogP contribution >= 0.6 is 0 Å². The Morgan fingerprint density at radius 2 is 1.72 bits per heavy atom. The highest BCUT2D eigenvalue weighted by Crippen LogP contribution is 2.20. The summed E-state index contributed by atoms with van der Waals surface area (Å²) in [5.74, 6) is 0. The van der Waals surface area contributed by atoms with Crippen molar-refractivity contribution in [3.63, 3.8) is 0 Å². The fourth-order valence-corrected chi connectivity index (χ4v) is 1.96. The number of hydrogen-bond acceptors (Lipinski definition) is 2. The molecule has 0 unspecified atom stereocenters. The molecule has 2 nitrogen and oxygen atoms in total. The van der Waals surface area contributed by atoms with Crippen LogP contribution in [0.15, 0.2) is 48.5 Å². The van der Waals surface area contributed by atoms with Crippen molar-refractivity contribution in [3.05, 3.63) is 59.7 Å². The van der Waals surface area contributed by atoms with Crippen LogP contribution in [-0.2, 0) is 6.54 Å². The first-order chi connectivity index (χ1) is 8.69. The normalized spacial score (nSPS) is 10.6. The minimum Gasteiger partial charge on any atom is -0.305 e. The van der Waals surface area contributed by atoms with E-state index in [9.17, 15) is 4.79 Å². The molecular weight excluding hydrogens is 222 g/mol. The van der Waals surface area contributed by atoms with Crippen LogP contribution in [0.2, 0.25) is 0 Å². The second-order valence-electron chi connectivity index (χ2n) is 4.68. The van der Waals surface area contributed by atoms with Crippen molar-refractivity contribution in [1.29, 1.82) is 0 Å². The quantitative estimate of drug-likeness (QED) is 0.763. The summed E-state index contributed by atoms with van der Waals surface area (Å²) in [5.41, 5.74) is 4.22. The Kier molecular flexibility index (Phi) is 3.90. The van der Waals surface area contributed by atoms with E-state index in [1.54, 1.807) is 0 Å². The molecule has 0 N–H and O–H groups in total. The molecule has 0 bridgehead atoms. The molecule has 0 spiro atoms. The number of carbonyl (C=O) groups excluding carboxylic acids is 1. The fourth-order valence-electron chi connectivity index (χ4n) is 1.96. The smallest absolute Gasteiger partial charge is 0.150 e. The van der Waals surface area contributed by atoms with Gasteiger partial charge in [-0.05, 0) is 36.9 Å². The van der Waals surface area contributed by atoms with Crippen LogP contribution in [0, 0.1) is 0 Å². The Labute approximate surface area is 108 Å². The summed E-state index contributed by atoms with van der Waals surface area (Å²) in [6.07, 6.45) is 0.879. The third-order valence-electron chi connectivity index (χ3n) is 2.81. The molecule has 0 atom stereocenters. The molecule has 18 heavy (non-hydrogen) atoms. The van der Waals surface area contributed by atoms with Gasteiger partial charge in [0.25, 0.3) is 0 Å². The summed E-state index contributed by atoms with van der Waals surface area (Å²) in [4.78, 5) is 12.9. The van der Waals surface area contributed by atoms with E-state index in [2.05, 4.69) is 43.3 Å². The second-order valence-corrected chi connectivity index (χ2v) is 4.68. The monoisotopic (exact) mass is 239 g/mol. The van der Waals surface area contributed by atoms with E-state index < -0.39 is 0 Å². The Morgan fingerprint density at radius 3 is 2.33 bits per heavy atom. The van der Waals surface area contributed by atoms with Crippen molar-refractivity contribution in [2.45, 2.75) is 6.54 Å². The molecule has 0 aliphatic rings. The molecular formula is C16H17NO. The van der Waals surface area contributed by atoms with Gasteiger partial charge in [0.1, 0.15) is 6.29 Å². The van der Waals surface area contributed by atoms with Gasteiger partial charge in [-0.25, -0.2) is 0 Å². The van der Waals surface area contributed by atoms with Crippen molar-refractivity contribution in [2.24, 2.45) is 0 Å². The standard InChI is InChI=1S/C16H17NO/c1-17(2)11-13-6-8-15(9-7-13)16-5-3-4-14(10-16)12-18/h3-10,12H,11H2,1-2H3. The van der Waals surface area contributed by atoms with Gasteiger partial charge in [0.05, 0.1) is 0 Å². The van der Waals surface area contributed by atoms with E-state index in [1.165, 1.54) is 5.56 Å². The van der Waals surface area contributed by atoms with Crippen LogP contribution in [-0.4, -0.2) is 25.3 Å². The van der Waals surface area contributed by atoms with Crippen LogP contribution in [0.5, 0.6) is 0 Å². The zero-order valence-corrected chi connectivity index (χ0v) is 10.8. The number of carbonyl (C=O) groups is 1. The van der Waals surface area contributed by atoms with Crippen LogP contribution in [0.4, 0.5) is 0 Å². The molecule has 0 heterocycles. The first-order valence-corrected chi connectivity index (χ1v) is 5.98. The summed E-state index contributed by atoms with van der Waals surface area (Å²) in [5, 5.41) is 0. The first kappa shape index (κ1) is 12.5. The SMILES string of the molecule is CN(C)Cc1ccc(-c2cccc(C=O)c2)cc1. The number of nitrogens with zero attached hydrogens (tertiary/aromatic N) is 1. The van der Waals surface area contributed by atoms with Crippen LogP contribution in [0.1, 0.15) is 15.9 Å². The summed E-state index contributed by atoms with van der Waals surface area (Å²) in [7, 11) is 4.11. The average Bonchev–Trinajstić information content (AvgIpc) is 2.39. The van der Waals surface area contributed by atoms with Crippen molar-refractivity contribution >= 4 is 6.29 Å². The van der Waals surface area contributed by atoms with E-state index >= 15 is 0 Å². The summed E-state index contributed by atoms with van der Waals surface area (Å²) in [6, 6.07) is 16.1. The summed E-state index contributed by atoms with van der Waals surface area (Å²) >= 11 is 0. The van der Waals surface area contributed by atoms with Gasteiger partial charge in [0, 0.05) is 12.1 Å². The molecule has 0 fully saturated rings. The summed E-state index contributed by atoms with van der Waals surface area (Å²) in [6.45, 7) is 0.939. The van der Waals surface area contributed by atoms with Crippen LogP contribution in [0.3, 0.4) is 0 Å². The van der Waals surface area contributed by atoms with Gasteiger partial charge < -0.3 is 4.90 Å². The molecule has 0 radical (unpaired) electrons. The lowest BCUT2D eigenvalue weighted by Gasteiger charge is -2.10. The van der Waals surface area contributed by atoms with E-state index in [4.69, 9.17) is 0 Å². The number of benzene rings is 2. The van der Waals surface area contributed by atoms with Crippen molar-refractivity contribution < 1.29 is 4.79 Å². The molecule has 2 rings (SSSR count). The van der Waals surface area contributed by atoms with Gasteiger partial charge in [-0.15, -0.1) is 0 Å². The maximum Gasteiger partial charge on any atom is 0.150 e. The maximum atomic E-state index is 10.8. The highest BCUT2D eigenvalue weighted by atomic mass is 16.1. The largest absolute Gasteiger partial charge is 0.305 e. The van der Waals surface area contributed by atoms with E-state index in [0.29, 0.717) is 5.56 Å². The van der Waals surface area contributed by atoms with Crippen molar-refractivity contribution in [1.82, 2.24) is 4.90 Å². The van der Waals surface area contributed by atoms with Crippen LogP contribution < -0.4 is 0 Å². The Hall–Kier alpha value is -1.93. The third kappa shape index (κ3) is 3.05. The Balaban J connectivity index is 2.25. The minimum absolute atomic E-state index is 0.713. The lowest BCUT2D eigenvalue weighted by atomic mass is 10.0. The summed E-state index contributed by atoms with van der Waals surface area (Å²) < 4.78 is 0. The van der Waals surface area contributed by atoms with E-state index in [0.717, 1.165) is 24.0 Å². The Morgan fingerprint density at radius 1 is 1.00 bits per heavy atom. The van der Waals surface area contributed by atoms with Gasteiger partial charge in [0.15, 0.2) is 0 Å². The zero-order valence-electron chi connectivity index (χ0n) is 10.8. The Bertz CT molecular complexity index is 529. The molecule has 2 aromatic carbocycles. The minimum atomic E-state index is 0.713. The highest BCUT2D eigenvalue weighted by Gasteiger charge is 2.00.